The average Bonchev–Trinajstić information content (AvgIpc) is 2.83. The molecule has 0 atom stereocenters. The van der Waals surface area contributed by atoms with Gasteiger partial charge in [-0.15, -0.1) is 0 Å². The Morgan fingerprint density at radius 3 is 2.88 bits per heavy atom. The van der Waals surface area contributed by atoms with Gasteiger partial charge in [0.25, 0.3) is 0 Å². The van der Waals surface area contributed by atoms with Crippen LogP contribution in [-0.2, 0) is 17.6 Å². The summed E-state index contributed by atoms with van der Waals surface area (Å²) in [5.41, 5.74) is 0. The number of aromatic nitrogens is 2. The van der Waals surface area contributed by atoms with Crippen LogP contribution < -0.4 is 5.32 Å². The van der Waals surface area contributed by atoms with Crippen molar-refractivity contribution in [2.75, 3.05) is 46.4 Å². The molecule has 0 bridgehead atoms. The zero-order valence-corrected chi connectivity index (χ0v) is 10.3. The normalized spacial score (nSPS) is 17.5. The van der Waals surface area contributed by atoms with Crippen LogP contribution in [-0.4, -0.2) is 61.5 Å². The van der Waals surface area contributed by atoms with E-state index in [2.05, 4.69) is 20.4 Å². The first-order chi connectivity index (χ1) is 8.38. The number of likely N-dealkylation sites (N-methyl/N-ethyl adjacent to an activating group) is 1. The predicted molar refractivity (Wildman–Crippen MR) is 62.9 cm³/mol. The lowest BCUT2D eigenvalue weighted by Crippen LogP contribution is -2.37. The Hall–Kier alpha value is -0.980. The van der Waals surface area contributed by atoms with Gasteiger partial charge in [-0.2, -0.15) is 4.98 Å². The molecule has 1 aromatic rings. The van der Waals surface area contributed by atoms with Crippen LogP contribution in [0, 0.1) is 0 Å². The summed E-state index contributed by atoms with van der Waals surface area (Å²) >= 11 is 0. The van der Waals surface area contributed by atoms with E-state index >= 15 is 0 Å². The summed E-state index contributed by atoms with van der Waals surface area (Å²) in [5.74, 6) is 1.53. The monoisotopic (exact) mass is 240 g/mol. The summed E-state index contributed by atoms with van der Waals surface area (Å²) in [4.78, 5) is 6.72. The van der Waals surface area contributed by atoms with Gasteiger partial charge in [0.05, 0.1) is 13.2 Å². The summed E-state index contributed by atoms with van der Waals surface area (Å²) in [5, 5.41) is 7.01. The second kappa shape index (κ2) is 6.68. The van der Waals surface area contributed by atoms with Gasteiger partial charge in [0.1, 0.15) is 0 Å². The number of nitrogens with zero attached hydrogens (tertiary/aromatic N) is 3. The van der Waals surface area contributed by atoms with Gasteiger partial charge in [-0.1, -0.05) is 5.16 Å². The number of ether oxygens (including phenoxy) is 1. The lowest BCUT2D eigenvalue weighted by atomic mass is 10.3. The number of rotatable bonds is 6. The molecular formula is C11H20N4O2. The first-order valence-corrected chi connectivity index (χ1v) is 6.14. The van der Waals surface area contributed by atoms with E-state index in [0.717, 1.165) is 63.9 Å². The molecule has 1 fully saturated rings. The van der Waals surface area contributed by atoms with Gasteiger partial charge in [-0.05, 0) is 7.05 Å². The van der Waals surface area contributed by atoms with Crippen LogP contribution in [0.3, 0.4) is 0 Å². The molecule has 96 valence electrons. The topological polar surface area (TPSA) is 63.4 Å². The van der Waals surface area contributed by atoms with Gasteiger partial charge in [-0.25, -0.2) is 0 Å². The van der Waals surface area contributed by atoms with E-state index in [1.807, 2.05) is 7.05 Å². The minimum Gasteiger partial charge on any atom is -0.379 e. The molecule has 1 aliphatic heterocycles. The van der Waals surface area contributed by atoms with Gasteiger partial charge < -0.3 is 14.6 Å². The average molecular weight is 240 g/mol. The van der Waals surface area contributed by atoms with Crippen molar-refractivity contribution in [1.82, 2.24) is 20.4 Å². The number of hydrogen-bond acceptors (Lipinski definition) is 6. The molecule has 0 spiro atoms. The first-order valence-electron chi connectivity index (χ1n) is 6.14. The SMILES string of the molecule is CNCCc1noc(CCN2CCOCC2)n1. The Morgan fingerprint density at radius 2 is 2.12 bits per heavy atom. The molecule has 0 radical (unpaired) electrons. The maximum Gasteiger partial charge on any atom is 0.227 e. The largest absolute Gasteiger partial charge is 0.379 e. The van der Waals surface area contributed by atoms with E-state index in [4.69, 9.17) is 9.26 Å². The maximum atomic E-state index is 5.30. The summed E-state index contributed by atoms with van der Waals surface area (Å²) < 4.78 is 10.5. The highest BCUT2D eigenvalue weighted by Gasteiger charge is 2.12. The van der Waals surface area contributed by atoms with Gasteiger partial charge >= 0.3 is 0 Å². The fraction of sp³-hybridized carbons (Fsp3) is 0.818. The van der Waals surface area contributed by atoms with E-state index in [9.17, 15) is 0 Å². The van der Waals surface area contributed by atoms with Crippen molar-refractivity contribution < 1.29 is 9.26 Å². The van der Waals surface area contributed by atoms with Crippen LogP contribution in [0.4, 0.5) is 0 Å². The van der Waals surface area contributed by atoms with Crippen LogP contribution in [0.5, 0.6) is 0 Å². The quantitative estimate of drug-likeness (QED) is 0.737. The van der Waals surface area contributed by atoms with Crippen LogP contribution in [0.1, 0.15) is 11.7 Å². The fourth-order valence-electron chi connectivity index (χ4n) is 1.81. The highest BCUT2D eigenvalue weighted by Crippen LogP contribution is 2.02. The molecule has 1 aliphatic rings. The van der Waals surface area contributed by atoms with E-state index < -0.39 is 0 Å². The second-order valence-electron chi connectivity index (χ2n) is 4.16. The molecule has 1 N–H and O–H groups in total. The molecule has 0 aromatic carbocycles. The molecule has 17 heavy (non-hydrogen) atoms. The van der Waals surface area contributed by atoms with Gasteiger partial charge in [0.15, 0.2) is 5.82 Å². The zero-order valence-electron chi connectivity index (χ0n) is 10.3. The molecule has 0 aliphatic carbocycles. The fourth-order valence-corrected chi connectivity index (χ4v) is 1.81. The summed E-state index contributed by atoms with van der Waals surface area (Å²) in [6.07, 6.45) is 1.64. The van der Waals surface area contributed by atoms with E-state index in [-0.39, 0.29) is 0 Å². The highest BCUT2D eigenvalue weighted by molar-refractivity contribution is 4.88. The molecular weight excluding hydrogens is 220 g/mol. The molecule has 0 unspecified atom stereocenters. The second-order valence-corrected chi connectivity index (χ2v) is 4.16. The summed E-state index contributed by atoms with van der Waals surface area (Å²) in [6, 6.07) is 0. The number of nitrogens with one attached hydrogen (secondary N) is 1. The van der Waals surface area contributed by atoms with Gasteiger partial charge in [-0.3, -0.25) is 4.90 Å². The molecule has 2 rings (SSSR count). The minimum absolute atomic E-state index is 0.739. The van der Waals surface area contributed by atoms with Crippen molar-refractivity contribution in [1.29, 1.82) is 0 Å². The lowest BCUT2D eigenvalue weighted by molar-refractivity contribution is 0.0375. The lowest BCUT2D eigenvalue weighted by Gasteiger charge is -2.25. The summed E-state index contributed by atoms with van der Waals surface area (Å²) in [7, 11) is 1.92. The number of morpholine rings is 1. The summed E-state index contributed by atoms with van der Waals surface area (Å²) in [6.45, 7) is 5.51. The Bertz CT molecular complexity index is 323. The maximum absolute atomic E-state index is 5.30. The van der Waals surface area contributed by atoms with Gasteiger partial charge in [0, 0.05) is 39.0 Å². The van der Waals surface area contributed by atoms with Crippen molar-refractivity contribution in [3.8, 4) is 0 Å². The molecule has 1 aromatic heterocycles. The van der Waals surface area contributed by atoms with E-state index in [1.165, 1.54) is 0 Å². The third-order valence-electron chi connectivity index (χ3n) is 2.85. The Kier molecular flexibility index (Phi) is 4.90. The van der Waals surface area contributed by atoms with Crippen LogP contribution in [0.2, 0.25) is 0 Å². The molecule has 0 saturated carbocycles. The predicted octanol–water partition coefficient (Wildman–Crippen LogP) is -0.294. The smallest absolute Gasteiger partial charge is 0.227 e. The van der Waals surface area contributed by atoms with Gasteiger partial charge in [0.2, 0.25) is 5.89 Å². The molecule has 6 heteroatoms. The molecule has 6 nitrogen and oxygen atoms in total. The third-order valence-corrected chi connectivity index (χ3v) is 2.85. The van der Waals surface area contributed by atoms with E-state index in [0.29, 0.717) is 0 Å². The van der Waals surface area contributed by atoms with Crippen molar-refractivity contribution in [3.05, 3.63) is 11.7 Å². The van der Waals surface area contributed by atoms with Crippen molar-refractivity contribution in [2.45, 2.75) is 12.8 Å². The highest BCUT2D eigenvalue weighted by atomic mass is 16.5. The van der Waals surface area contributed by atoms with Crippen LogP contribution in [0.15, 0.2) is 4.52 Å². The third kappa shape index (κ3) is 4.07. The first kappa shape index (κ1) is 12.5. The molecule has 1 saturated heterocycles. The van der Waals surface area contributed by atoms with Crippen LogP contribution >= 0.6 is 0 Å². The Balaban J connectivity index is 1.72. The standard InChI is InChI=1S/C11H20N4O2/c1-12-4-2-10-13-11(17-14-10)3-5-15-6-8-16-9-7-15/h12H,2-9H2,1H3. The Labute approximate surface area is 101 Å². The van der Waals surface area contributed by atoms with Crippen molar-refractivity contribution in [3.63, 3.8) is 0 Å². The minimum atomic E-state index is 0.739. The molecule has 0 amide bonds. The van der Waals surface area contributed by atoms with Crippen molar-refractivity contribution >= 4 is 0 Å². The van der Waals surface area contributed by atoms with E-state index in [1.54, 1.807) is 0 Å². The number of hydrogen-bond donors (Lipinski definition) is 1. The molecule has 2 heterocycles. The van der Waals surface area contributed by atoms with Crippen molar-refractivity contribution in [2.24, 2.45) is 0 Å². The zero-order chi connectivity index (χ0) is 11.9. The van der Waals surface area contributed by atoms with Crippen LogP contribution in [0.25, 0.3) is 0 Å². The Morgan fingerprint density at radius 1 is 1.29 bits per heavy atom.